The van der Waals surface area contributed by atoms with Gasteiger partial charge in [-0.2, -0.15) is 0 Å². The summed E-state index contributed by atoms with van der Waals surface area (Å²) < 4.78 is 39.3. The van der Waals surface area contributed by atoms with Crippen LogP contribution in [-0.4, -0.2) is 21.6 Å². The van der Waals surface area contributed by atoms with Gasteiger partial charge in [0.15, 0.2) is 0 Å². The standard InChI is InChI=1S/C20H25NO4S/c1-14-13-20(15(2)12-19(14)24-3)26(22,23)21-16-8-10-18(11-9-16)25-17-6-4-5-7-17/h8-13,17,21H,4-7H2,1-3H3. The first-order valence-corrected chi connectivity index (χ1v) is 10.3. The molecule has 0 aliphatic heterocycles. The maximum atomic E-state index is 12.8. The molecule has 3 rings (SSSR count). The zero-order valence-electron chi connectivity index (χ0n) is 15.4. The van der Waals surface area contributed by atoms with E-state index in [1.807, 2.05) is 19.1 Å². The molecule has 1 fully saturated rings. The molecule has 0 atom stereocenters. The quantitative estimate of drug-likeness (QED) is 0.811. The molecule has 0 heterocycles. The number of ether oxygens (including phenoxy) is 2. The van der Waals surface area contributed by atoms with Gasteiger partial charge in [-0.3, -0.25) is 4.72 Å². The van der Waals surface area contributed by atoms with Crippen LogP contribution in [0.4, 0.5) is 5.69 Å². The lowest BCUT2D eigenvalue weighted by atomic mass is 10.1. The third-order valence-electron chi connectivity index (χ3n) is 4.69. The van der Waals surface area contributed by atoms with E-state index in [-0.39, 0.29) is 11.0 Å². The number of rotatable bonds is 6. The van der Waals surface area contributed by atoms with Crippen molar-refractivity contribution >= 4 is 15.7 Å². The second-order valence-electron chi connectivity index (χ2n) is 6.74. The monoisotopic (exact) mass is 375 g/mol. The summed E-state index contributed by atoms with van der Waals surface area (Å²) in [5.41, 5.74) is 1.93. The Bertz CT molecular complexity index is 869. The molecular weight excluding hydrogens is 350 g/mol. The highest BCUT2D eigenvalue weighted by molar-refractivity contribution is 7.92. The third kappa shape index (κ3) is 4.12. The average Bonchev–Trinajstić information content (AvgIpc) is 3.11. The molecule has 5 nitrogen and oxygen atoms in total. The van der Waals surface area contributed by atoms with Crippen LogP contribution >= 0.6 is 0 Å². The lowest BCUT2D eigenvalue weighted by Gasteiger charge is -2.15. The molecule has 2 aromatic rings. The van der Waals surface area contributed by atoms with Crippen molar-refractivity contribution in [1.82, 2.24) is 0 Å². The molecule has 26 heavy (non-hydrogen) atoms. The second kappa shape index (κ2) is 7.58. The summed E-state index contributed by atoms with van der Waals surface area (Å²) in [6, 6.07) is 10.4. The molecule has 1 N–H and O–H groups in total. The zero-order valence-corrected chi connectivity index (χ0v) is 16.2. The van der Waals surface area contributed by atoms with Gasteiger partial charge >= 0.3 is 0 Å². The van der Waals surface area contributed by atoms with Crippen molar-refractivity contribution in [2.24, 2.45) is 0 Å². The Kier molecular flexibility index (Phi) is 5.41. The van der Waals surface area contributed by atoms with Gasteiger partial charge in [-0.1, -0.05) is 0 Å². The lowest BCUT2D eigenvalue weighted by Crippen LogP contribution is -2.15. The first-order chi connectivity index (χ1) is 12.4. The maximum Gasteiger partial charge on any atom is 0.262 e. The van der Waals surface area contributed by atoms with E-state index in [2.05, 4.69) is 4.72 Å². The van der Waals surface area contributed by atoms with Crippen molar-refractivity contribution in [2.75, 3.05) is 11.8 Å². The summed E-state index contributed by atoms with van der Waals surface area (Å²) in [7, 11) is -2.10. The first-order valence-electron chi connectivity index (χ1n) is 8.84. The van der Waals surface area contributed by atoms with Gasteiger partial charge in [0.2, 0.25) is 0 Å². The van der Waals surface area contributed by atoms with Gasteiger partial charge < -0.3 is 9.47 Å². The van der Waals surface area contributed by atoms with Crippen molar-refractivity contribution in [1.29, 1.82) is 0 Å². The molecule has 1 aliphatic rings. The van der Waals surface area contributed by atoms with E-state index in [1.54, 1.807) is 38.3 Å². The Balaban J connectivity index is 1.76. The fourth-order valence-electron chi connectivity index (χ4n) is 3.28. The largest absolute Gasteiger partial charge is 0.496 e. The van der Waals surface area contributed by atoms with Crippen LogP contribution in [0.25, 0.3) is 0 Å². The van der Waals surface area contributed by atoms with Gasteiger partial charge in [-0.25, -0.2) is 8.42 Å². The second-order valence-corrected chi connectivity index (χ2v) is 8.39. The van der Waals surface area contributed by atoms with Crippen molar-refractivity contribution in [3.05, 3.63) is 47.5 Å². The highest BCUT2D eigenvalue weighted by Crippen LogP contribution is 2.28. The van der Waals surface area contributed by atoms with Crippen LogP contribution < -0.4 is 14.2 Å². The van der Waals surface area contributed by atoms with Gasteiger partial charge in [0.25, 0.3) is 10.0 Å². The summed E-state index contributed by atoms with van der Waals surface area (Å²) in [4.78, 5) is 0.252. The fraction of sp³-hybridized carbons (Fsp3) is 0.400. The molecule has 1 aliphatic carbocycles. The van der Waals surface area contributed by atoms with Crippen molar-refractivity contribution in [3.8, 4) is 11.5 Å². The van der Waals surface area contributed by atoms with Gasteiger partial charge in [-0.15, -0.1) is 0 Å². The SMILES string of the molecule is COc1cc(C)c(S(=O)(=O)Nc2ccc(OC3CCCC3)cc2)cc1C. The number of nitrogens with one attached hydrogen (secondary N) is 1. The summed E-state index contributed by atoms with van der Waals surface area (Å²) in [6.45, 7) is 3.58. The summed E-state index contributed by atoms with van der Waals surface area (Å²) in [5.74, 6) is 1.45. The van der Waals surface area contributed by atoms with Crippen LogP contribution in [0.15, 0.2) is 41.3 Å². The van der Waals surface area contributed by atoms with Crippen LogP contribution in [0, 0.1) is 13.8 Å². The predicted octanol–water partition coefficient (Wildman–Crippen LogP) is 4.43. The smallest absolute Gasteiger partial charge is 0.262 e. The van der Waals surface area contributed by atoms with E-state index in [1.165, 1.54) is 12.8 Å². The maximum absolute atomic E-state index is 12.8. The van der Waals surface area contributed by atoms with E-state index >= 15 is 0 Å². The predicted molar refractivity (Wildman–Crippen MR) is 103 cm³/mol. The molecule has 6 heteroatoms. The summed E-state index contributed by atoms with van der Waals surface area (Å²) >= 11 is 0. The highest BCUT2D eigenvalue weighted by Gasteiger charge is 2.20. The number of anilines is 1. The van der Waals surface area contributed by atoms with E-state index in [0.717, 1.165) is 24.2 Å². The van der Waals surface area contributed by atoms with Crippen LogP contribution in [0.3, 0.4) is 0 Å². The minimum absolute atomic E-state index is 0.252. The molecule has 0 unspecified atom stereocenters. The summed E-state index contributed by atoms with van der Waals surface area (Å²) in [6.07, 6.45) is 4.88. The average molecular weight is 375 g/mol. The van der Waals surface area contributed by atoms with E-state index < -0.39 is 10.0 Å². The molecule has 1 saturated carbocycles. The van der Waals surface area contributed by atoms with Crippen molar-refractivity contribution in [2.45, 2.75) is 50.5 Å². The third-order valence-corrected chi connectivity index (χ3v) is 6.22. The molecule has 0 spiro atoms. The Morgan fingerprint density at radius 2 is 1.65 bits per heavy atom. The van der Waals surface area contributed by atoms with E-state index in [0.29, 0.717) is 17.0 Å². The molecule has 0 bridgehead atoms. The Morgan fingerprint density at radius 3 is 2.27 bits per heavy atom. The Labute approximate surface area is 155 Å². The topological polar surface area (TPSA) is 64.6 Å². The molecule has 0 aromatic heterocycles. The number of aryl methyl sites for hydroxylation is 2. The normalized spacial score (nSPS) is 15.0. The molecule has 0 saturated heterocycles. The molecule has 0 radical (unpaired) electrons. The number of hydrogen-bond donors (Lipinski definition) is 1. The van der Waals surface area contributed by atoms with Crippen LogP contribution in [0.5, 0.6) is 11.5 Å². The van der Waals surface area contributed by atoms with Crippen LogP contribution in [0.2, 0.25) is 0 Å². The number of hydrogen-bond acceptors (Lipinski definition) is 4. The molecule has 0 amide bonds. The molecule has 140 valence electrons. The van der Waals surface area contributed by atoms with E-state index in [9.17, 15) is 8.42 Å². The lowest BCUT2D eigenvalue weighted by molar-refractivity contribution is 0.210. The minimum atomic E-state index is -3.67. The van der Waals surface area contributed by atoms with Gasteiger partial charge in [0, 0.05) is 5.69 Å². The van der Waals surface area contributed by atoms with Crippen LogP contribution in [0.1, 0.15) is 36.8 Å². The van der Waals surface area contributed by atoms with Gasteiger partial charge in [0.05, 0.1) is 18.1 Å². The number of methoxy groups -OCH3 is 1. The molecular formula is C20H25NO4S. The van der Waals surface area contributed by atoms with Gasteiger partial charge in [0.1, 0.15) is 11.5 Å². The fourth-order valence-corrected chi connectivity index (χ4v) is 4.65. The highest BCUT2D eigenvalue weighted by atomic mass is 32.2. The molecule has 2 aromatic carbocycles. The van der Waals surface area contributed by atoms with E-state index in [4.69, 9.17) is 9.47 Å². The zero-order chi connectivity index (χ0) is 18.7. The number of sulfonamides is 1. The Hall–Kier alpha value is -2.21. The first kappa shape index (κ1) is 18.6. The van der Waals surface area contributed by atoms with Crippen molar-refractivity contribution < 1.29 is 17.9 Å². The van der Waals surface area contributed by atoms with Crippen molar-refractivity contribution in [3.63, 3.8) is 0 Å². The summed E-state index contributed by atoms with van der Waals surface area (Å²) in [5, 5.41) is 0. The van der Waals surface area contributed by atoms with Gasteiger partial charge in [-0.05, 0) is 87.1 Å². The Morgan fingerprint density at radius 1 is 1.00 bits per heavy atom. The van der Waals surface area contributed by atoms with Crippen LogP contribution in [-0.2, 0) is 10.0 Å². The minimum Gasteiger partial charge on any atom is -0.496 e. The number of benzene rings is 2.